The Labute approximate surface area is 110 Å². The van der Waals surface area contributed by atoms with Gasteiger partial charge in [-0.05, 0) is 39.1 Å². The van der Waals surface area contributed by atoms with E-state index in [1.807, 2.05) is 0 Å². The quantitative estimate of drug-likeness (QED) is 0.807. The van der Waals surface area contributed by atoms with Gasteiger partial charge in [-0.25, -0.2) is 0 Å². The Bertz CT molecular complexity index is 261. The first kappa shape index (κ1) is 13.7. The molecule has 3 nitrogen and oxygen atoms in total. The van der Waals surface area contributed by atoms with Crippen LogP contribution in [0.5, 0.6) is 0 Å². The molecule has 3 unspecified atom stereocenters. The second-order valence-electron chi connectivity index (χ2n) is 5.73. The maximum absolute atomic E-state index is 6.17. The maximum Gasteiger partial charge on any atom is 0.0458 e. The van der Waals surface area contributed by atoms with Crippen molar-refractivity contribution in [2.75, 3.05) is 39.0 Å². The number of rotatable bonds is 2. The molecule has 2 heterocycles. The van der Waals surface area contributed by atoms with Crippen LogP contribution in [0.2, 0.25) is 0 Å². The minimum atomic E-state index is 0.259. The zero-order valence-electron chi connectivity index (χ0n) is 11.5. The fourth-order valence-corrected chi connectivity index (χ4v) is 5.05. The molecule has 2 rings (SSSR count). The van der Waals surface area contributed by atoms with E-state index in [0.29, 0.717) is 11.3 Å². The third-order valence-corrected chi connectivity index (χ3v) is 6.01. The monoisotopic (exact) mass is 257 g/mol. The summed E-state index contributed by atoms with van der Waals surface area (Å²) in [5, 5.41) is 0.679. The average molecular weight is 257 g/mol. The van der Waals surface area contributed by atoms with Crippen LogP contribution in [0.4, 0.5) is 0 Å². The molecule has 0 spiro atoms. The Morgan fingerprint density at radius 3 is 2.71 bits per heavy atom. The predicted octanol–water partition coefficient (Wildman–Crippen LogP) is 1.24. The topological polar surface area (TPSA) is 32.5 Å². The predicted molar refractivity (Wildman–Crippen MR) is 76.6 cm³/mol. The molecule has 0 aromatic heterocycles. The summed E-state index contributed by atoms with van der Waals surface area (Å²) in [5.74, 6) is 1.28. The highest BCUT2D eigenvalue weighted by Crippen LogP contribution is 2.41. The lowest BCUT2D eigenvalue weighted by atomic mass is 9.89. The molecular weight excluding hydrogens is 230 g/mol. The molecule has 0 aromatic carbocycles. The smallest absolute Gasteiger partial charge is 0.0458 e. The van der Waals surface area contributed by atoms with E-state index >= 15 is 0 Å². The molecule has 17 heavy (non-hydrogen) atoms. The standard InChI is InChI=1S/C13H27N3S/c1-11-9-15(3)6-4-7-16(11)13(10-14)5-8-17-12(13)2/h11-12H,4-10,14H2,1-3H3. The lowest BCUT2D eigenvalue weighted by molar-refractivity contribution is 0.0599. The summed E-state index contributed by atoms with van der Waals surface area (Å²) in [6.07, 6.45) is 2.55. The minimum Gasteiger partial charge on any atom is -0.329 e. The van der Waals surface area contributed by atoms with E-state index in [0.717, 1.165) is 6.54 Å². The van der Waals surface area contributed by atoms with Crippen LogP contribution >= 0.6 is 11.8 Å². The van der Waals surface area contributed by atoms with Crippen LogP contribution in [0.3, 0.4) is 0 Å². The van der Waals surface area contributed by atoms with Gasteiger partial charge in [0.2, 0.25) is 0 Å². The van der Waals surface area contributed by atoms with Gasteiger partial charge in [-0.1, -0.05) is 6.92 Å². The van der Waals surface area contributed by atoms with Crippen LogP contribution in [-0.2, 0) is 0 Å². The summed E-state index contributed by atoms with van der Waals surface area (Å²) in [7, 11) is 2.24. The highest BCUT2D eigenvalue weighted by atomic mass is 32.2. The number of hydrogen-bond acceptors (Lipinski definition) is 4. The van der Waals surface area contributed by atoms with Crippen LogP contribution in [0.15, 0.2) is 0 Å². The lowest BCUT2D eigenvalue weighted by Gasteiger charge is -2.46. The number of nitrogens with two attached hydrogens (primary N) is 1. The summed E-state index contributed by atoms with van der Waals surface area (Å²) >= 11 is 2.10. The number of likely N-dealkylation sites (N-methyl/N-ethyl adjacent to an activating group) is 1. The summed E-state index contributed by atoms with van der Waals surface area (Å²) in [6, 6.07) is 0.632. The molecule has 0 aliphatic carbocycles. The highest BCUT2D eigenvalue weighted by molar-refractivity contribution is 8.00. The van der Waals surface area contributed by atoms with E-state index in [9.17, 15) is 0 Å². The SMILES string of the molecule is CC1CN(C)CCCN1C1(CN)CCSC1C. The van der Waals surface area contributed by atoms with Crippen molar-refractivity contribution < 1.29 is 0 Å². The summed E-state index contributed by atoms with van der Waals surface area (Å²) in [5.41, 5.74) is 6.43. The third kappa shape index (κ3) is 2.50. The molecule has 3 atom stereocenters. The van der Waals surface area contributed by atoms with Crippen LogP contribution in [0.1, 0.15) is 26.7 Å². The molecule has 4 heteroatoms. The van der Waals surface area contributed by atoms with E-state index in [1.165, 1.54) is 38.2 Å². The molecular formula is C13H27N3S. The number of thioether (sulfide) groups is 1. The minimum absolute atomic E-state index is 0.259. The second-order valence-corrected chi connectivity index (χ2v) is 7.18. The van der Waals surface area contributed by atoms with Crippen LogP contribution < -0.4 is 5.73 Å². The first-order valence-electron chi connectivity index (χ1n) is 6.87. The van der Waals surface area contributed by atoms with E-state index in [-0.39, 0.29) is 5.54 Å². The van der Waals surface area contributed by atoms with Gasteiger partial charge >= 0.3 is 0 Å². The van der Waals surface area contributed by atoms with Gasteiger partial charge in [0.25, 0.3) is 0 Å². The van der Waals surface area contributed by atoms with Gasteiger partial charge in [0.15, 0.2) is 0 Å². The molecule has 0 saturated carbocycles. The van der Waals surface area contributed by atoms with E-state index in [1.54, 1.807) is 0 Å². The second kappa shape index (κ2) is 5.47. The van der Waals surface area contributed by atoms with E-state index in [2.05, 4.69) is 42.5 Å². The van der Waals surface area contributed by atoms with Crippen molar-refractivity contribution in [3.05, 3.63) is 0 Å². The molecule has 2 N–H and O–H groups in total. The fraction of sp³-hybridized carbons (Fsp3) is 1.00. The average Bonchev–Trinajstić information content (AvgIpc) is 2.57. The number of nitrogens with zero attached hydrogens (tertiary/aromatic N) is 2. The largest absolute Gasteiger partial charge is 0.329 e. The van der Waals surface area contributed by atoms with Crippen molar-refractivity contribution in [3.8, 4) is 0 Å². The number of hydrogen-bond donors (Lipinski definition) is 1. The highest BCUT2D eigenvalue weighted by Gasteiger charge is 2.46. The van der Waals surface area contributed by atoms with Gasteiger partial charge < -0.3 is 10.6 Å². The molecule has 2 saturated heterocycles. The molecule has 0 bridgehead atoms. The Morgan fingerprint density at radius 1 is 1.35 bits per heavy atom. The van der Waals surface area contributed by atoms with Gasteiger partial charge in [-0.2, -0.15) is 11.8 Å². The van der Waals surface area contributed by atoms with Crippen molar-refractivity contribution >= 4 is 11.8 Å². The van der Waals surface area contributed by atoms with Crippen LogP contribution in [-0.4, -0.2) is 65.6 Å². The van der Waals surface area contributed by atoms with Gasteiger partial charge in [-0.15, -0.1) is 0 Å². The Balaban J connectivity index is 2.18. The van der Waals surface area contributed by atoms with E-state index in [4.69, 9.17) is 5.73 Å². The summed E-state index contributed by atoms with van der Waals surface area (Å²) in [4.78, 5) is 5.18. The molecule has 100 valence electrons. The normalized spacial score (nSPS) is 41.6. The van der Waals surface area contributed by atoms with Crippen molar-refractivity contribution in [3.63, 3.8) is 0 Å². The maximum atomic E-state index is 6.17. The summed E-state index contributed by atoms with van der Waals surface area (Å²) < 4.78 is 0. The lowest BCUT2D eigenvalue weighted by Crippen LogP contribution is -2.61. The molecule has 2 fully saturated rings. The Kier molecular flexibility index (Phi) is 4.40. The van der Waals surface area contributed by atoms with Crippen molar-refractivity contribution in [2.24, 2.45) is 5.73 Å². The zero-order valence-corrected chi connectivity index (χ0v) is 12.3. The third-order valence-electron chi connectivity index (χ3n) is 4.63. The molecule has 0 radical (unpaired) electrons. The molecule has 2 aliphatic heterocycles. The van der Waals surface area contributed by atoms with Crippen molar-refractivity contribution in [2.45, 2.75) is 43.5 Å². The first-order valence-corrected chi connectivity index (χ1v) is 7.92. The van der Waals surface area contributed by atoms with Gasteiger partial charge in [0, 0.05) is 36.5 Å². The van der Waals surface area contributed by atoms with Crippen LogP contribution in [0, 0.1) is 0 Å². The first-order chi connectivity index (χ1) is 8.10. The van der Waals surface area contributed by atoms with Gasteiger partial charge in [0.05, 0.1) is 0 Å². The molecule has 0 amide bonds. The molecule has 2 aliphatic rings. The van der Waals surface area contributed by atoms with Crippen molar-refractivity contribution in [1.82, 2.24) is 9.80 Å². The van der Waals surface area contributed by atoms with Crippen LogP contribution in [0.25, 0.3) is 0 Å². The molecule has 0 aromatic rings. The Hall–Kier alpha value is 0.230. The summed E-state index contributed by atoms with van der Waals surface area (Å²) in [6.45, 7) is 9.17. The Morgan fingerprint density at radius 2 is 2.12 bits per heavy atom. The van der Waals surface area contributed by atoms with Gasteiger partial charge in [-0.3, -0.25) is 4.90 Å². The fourth-order valence-electron chi connectivity index (χ4n) is 3.57. The van der Waals surface area contributed by atoms with E-state index < -0.39 is 0 Å². The van der Waals surface area contributed by atoms with Gasteiger partial charge in [0.1, 0.15) is 0 Å². The zero-order chi connectivity index (χ0) is 12.5. The van der Waals surface area contributed by atoms with Crippen molar-refractivity contribution in [1.29, 1.82) is 0 Å².